The third-order valence-corrected chi connectivity index (χ3v) is 3.82. The monoisotopic (exact) mass is 253 g/mol. The van der Waals surface area contributed by atoms with Crippen LogP contribution >= 0.6 is 0 Å². The maximum Gasteiger partial charge on any atom is 0.0358 e. The second kappa shape index (κ2) is 6.53. The van der Waals surface area contributed by atoms with Crippen LogP contribution in [0.15, 0.2) is 48.5 Å². The van der Waals surface area contributed by atoms with Gasteiger partial charge in [0, 0.05) is 6.04 Å². The Morgan fingerprint density at radius 3 is 2.26 bits per heavy atom. The third-order valence-electron chi connectivity index (χ3n) is 3.82. The van der Waals surface area contributed by atoms with E-state index in [1.165, 1.54) is 22.3 Å². The van der Waals surface area contributed by atoms with Crippen LogP contribution in [0.4, 0.5) is 0 Å². The number of likely N-dealkylation sites (N-methyl/N-ethyl adjacent to an activating group) is 1. The summed E-state index contributed by atoms with van der Waals surface area (Å²) in [5, 5.41) is 3.43. The highest BCUT2D eigenvalue weighted by atomic mass is 14.9. The molecule has 0 bridgehead atoms. The summed E-state index contributed by atoms with van der Waals surface area (Å²) in [5.74, 6) is 0. The van der Waals surface area contributed by atoms with E-state index in [1.807, 2.05) is 7.05 Å². The predicted octanol–water partition coefficient (Wildman–Crippen LogP) is 4.06. The number of benzene rings is 2. The van der Waals surface area contributed by atoms with Crippen molar-refractivity contribution in [2.24, 2.45) is 0 Å². The Kier molecular flexibility index (Phi) is 4.75. The number of rotatable bonds is 5. The average molecular weight is 253 g/mol. The summed E-state index contributed by atoms with van der Waals surface area (Å²) in [6, 6.07) is 18.0. The molecule has 2 aromatic carbocycles. The molecule has 2 aromatic rings. The molecule has 1 atom stereocenters. The molecular formula is C18H23N. The first-order valence-electron chi connectivity index (χ1n) is 7.05. The molecule has 2 rings (SSSR count). The summed E-state index contributed by atoms with van der Waals surface area (Å²) < 4.78 is 0. The fourth-order valence-electron chi connectivity index (χ4n) is 2.43. The van der Waals surface area contributed by atoms with E-state index in [2.05, 4.69) is 67.7 Å². The lowest BCUT2D eigenvalue weighted by Gasteiger charge is -2.18. The molecule has 0 spiro atoms. The van der Waals surface area contributed by atoms with E-state index < -0.39 is 0 Å². The largest absolute Gasteiger partial charge is 0.313 e. The van der Waals surface area contributed by atoms with Gasteiger partial charge in [-0.1, -0.05) is 55.5 Å². The van der Waals surface area contributed by atoms with E-state index in [0.29, 0.717) is 6.04 Å². The van der Waals surface area contributed by atoms with Gasteiger partial charge in [0.05, 0.1) is 0 Å². The minimum absolute atomic E-state index is 0.381. The molecule has 0 heterocycles. The van der Waals surface area contributed by atoms with Gasteiger partial charge in [0.2, 0.25) is 0 Å². The molecule has 0 saturated heterocycles. The van der Waals surface area contributed by atoms with Crippen LogP contribution < -0.4 is 5.32 Å². The summed E-state index contributed by atoms with van der Waals surface area (Å²) in [5.41, 5.74) is 5.55. The second-order valence-corrected chi connectivity index (χ2v) is 5.07. The lowest BCUT2D eigenvalue weighted by Crippen LogP contribution is -2.19. The first kappa shape index (κ1) is 13.8. The van der Waals surface area contributed by atoms with E-state index in [1.54, 1.807) is 0 Å². The lowest BCUT2D eigenvalue weighted by atomic mass is 9.95. The molecule has 0 aliphatic rings. The van der Waals surface area contributed by atoms with Crippen molar-refractivity contribution < 1.29 is 0 Å². The van der Waals surface area contributed by atoms with E-state index in [-0.39, 0.29) is 0 Å². The van der Waals surface area contributed by atoms with E-state index >= 15 is 0 Å². The van der Waals surface area contributed by atoms with Crippen LogP contribution in [0, 0.1) is 6.92 Å². The van der Waals surface area contributed by atoms with Crippen molar-refractivity contribution in [3.8, 4) is 0 Å². The molecule has 0 aliphatic heterocycles. The van der Waals surface area contributed by atoms with Crippen molar-refractivity contribution in [1.29, 1.82) is 0 Å². The Hall–Kier alpha value is -1.60. The first-order valence-corrected chi connectivity index (χ1v) is 7.05. The molecule has 0 radical (unpaired) electrons. The van der Waals surface area contributed by atoms with Gasteiger partial charge < -0.3 is 5.32 Å². The highest BCUT2D eigenvalue weighted by Gasteiger charge is 2.11. The molecular weight excluding hydrogens is 230 g/mol. The van der Waals surface area contributed by atoms with Crippen molar-refractivity contribution in [3.63, 3.8) is 0 Å². The molecule has 0 saturated carbocycles. The van der Waals surface area contributed by atoms with Gasteiger partial charge in [0.1, 0.15) is 0 Å². The minimum atomic E-state index is 0.381. The molecule has 1 unspecified atom stereocenters. The smallest absolute Gasteiger partial charge is 0.0358 e. The summed E-state index contributed by atoms with van der Waals surface area (Å²) >= 11 is 0. The van der Waals surface area contributed by atoms with Gasteiger partial charge in [-0.15, -0.1) is 0 Å². The molecule has 1 nitrogen and oxygen atoms in total. The first-order chi connectivity index (χ1) is 9.24. The molecule has 0 fully saturated rings. The van der Waals surface area contributed by atoms with Gasteiger partial charge in [-0.3, -0.25) is 0 Å². The van der Waals surface area contributed by atoms with Gasteiger partial charge in [-0.05, 0) is 49.1 Å². The van der Waals surface area contributed by atoms with Crippen molar-refractivity contribution in [2.45, 2.75) is 32.7 Å². The Morgan fingerprint density at radius 2 is 1.68 bits per heavy atom. The summed E-state index contributed by atoms with van der Waals surface area (Å²) in [7, 11) is 2.04. The summed E-state index contributed by atoms with van der Waals surface area (Å²) in [6.07, 6.45) is 2.14. The summed E-state index contributed by atoms with van der Waals surface area (Å²) in [4.78, 5) is 0. The molecule has 100 valence electrons. The van der Waals surface area contributed by atoms with Gasteiger partial charge in [0.15, 0.2) is 0 Å². The zero-order valence-corrected chi connectivity index (χ0v) is 12.1. The van der Waals surface area contributed by atoms with Gasteiger partial charge in [-0.2, -0.15) is 0 Å². The zero-order chi connectivity index (χ0) is 13.7. The van der Waals surface area contributed by atoms with Crippen LogP contribution in [-0.2, 0) is 12.8 Å². The Labute approximate surface area is 116 Å². The van der Waals surface area contributed by atoms with Gasteiger partial charge in [-0.25, -0.2) is 0 Å². The van der Waals surface area contributed by atoms with Crippen molar-refractivity contribution in [2.75, 3.05) is 7.05 Å². The maximum absolute atomic E-state index is 3.43. The standard InChI is InChI=1S/C18H23N/c1-4-15-9-11-16(12-10-15)18(19-3)13-17-8-6-5-7-14(17)2/h5-12,18-19H,4,13H2,1-3H3. The van der Waals surface area contributed by atoms with Crippen molar-refractivity contribution in [3.05, 3.63) is 70.8 Å². The predicted molar refractivity (Wildman–Crippen MR) is 82.5 cm³/mol. The highest BCUT2D eigenvalue weighted by molar-refractivity contribution is 5.30. The van der Waals surface area contributed by atoms with Crippen LogP contribution in [0.25, 0.3) is 0 Å². The number of hydrogen-bond acceptors (Lipinski definition) is 1. The van der Waals surface area contributed by atoms with Crippen LogP contribution in [0.2, 0.25) is 0 Å². The normalized spacial score (nSPS) is 12.4. The van der Waals surface area contributed by atoms with Crippen LogP contribution in [0.3, 0.4) is 0 Å². The highest BCUT2D eigenvalue weighted by Crippen LogP contribution is 2.20. The van der Waals surface area contributed by atoms with E-state index in [4.69, 9.17) is 0 Å². The molecule has 1 heteroatoms. The quantitative estimate of drug-likeness (QED) is 0.847. The number of aryl methyl sites for hydroxylation is 2. The SMILES string of the molecule is CCc1ccc(C(Cc2ccccc2C)NC)cc1. The Balaban J connectivity index is 2.17. The van der Waals surface area contributed by atoms with Gasteiger partial charge in [0.25, 0.3) is 0 Å². The zero-order valence-electron chi connectivity index (χ0n) is 12.1. The fourth-order valence-corrected chi connectivity index (χ4v) is 2.43. The molecule has 0 aliphatic carbocycles. The van der Waals surface area contributed by atoms with Crippen molar-refractivity contribution >= 4 is 0 Å². The second-order valence-electron chi connectivity index (χ2n) is 5.07. The Morgan fingerprint density at radius 1 is 1.00 bits per heavy atom. The van der Waals surface area contributed by atoms with E-state index in [9.17, 15) is 0 Å². The number of hydrogen-bond donors (Lipinski definition) is 1. The number of nitrogens with one attached hydrogen (secondary N) is 1. The Bertz CT molecular complexity index is 513. The molecule has 1 N–H and O–H groups in total. The minimum Gasteiger partial charge on any atom is -0.313 e. The topological polar surface area (TPSA) is 12.0 Å². The van der Waals surface area contributed by atoms with E-state index in [0.717, 1.165) is 12.8 Å². The van der Waals surface area contributed by atoms with Crippen LogP contribution in [-0.4, -0.2) is 7.05 Å². The van der Waals surface area contributed by atoms with Crippen LogP contribution in [0.5, 0.6) is 0 Å². The molecule has 0 aromatic heterocycles. The molecule has 19 heavy (non-hydrogen) atoms. The van der Waals surface area contributed by atoms with Crippen LogP contribution in [0.1, 0.15) is 35.2 Å². The maximum atomic E-state index is 3.43. The van der Waals surface area contributed by atoms with Gasteiger partial charge >= 0.3 is 0 Å². The third kappa shape index (κ3) is 3.45. The average Bonchev–Trinajstić information content (AvgIpc) is 2.47. The summed E-state index contributed by atoms with van der Waals surface area (Å²) in [6.45, 7) is 4.38. The fraction of sp³-hybridized carbons (Fsp3) is 0.333. The van der Waals surface area contributed by atoms with Crippen molar-refractivity contribution in [1.82, 2.24) is 5.32 Å². The lowest BCUT2D eigenvalue weighted by molar-refractivity contribution is 0.590. The molecule has 0 amide bonds.